The molecule has 0 saturated carbocycles. The minimum absolute atomic E-state index is 0.00501. The highest BCUT2D eigenvalue weighted by molar-refractivity contribution is 7.92. The Hall–Kier alpha value is -3.96. The highest BCUT2D eigenvalue weighted by Gasteiger charge is 2.35. The van der Waals surface area contributed by atoms with E-state index in [4.69, 9.17) is 26.2 Å². The molecular formula is C30H28ClF2NO7S. The van der Waals surface area contributed by atoms with Gasteiger partial charge in [0.1, 0.15) is 23.5 Å². The second-order valence-electron chi connectivity index (χ2n) is 9.69. The SMILES string of the molecule is COc1cc(S(=O)(=O)N2C[C@H](CCC(=O)CCC(=O)O)Oc3ccc(/C=C(\C)c4c(F)cccc4Cl)cc32)ccc1F. The fraction of sp³-hybridized carbons (Fsp3) is 0.267. The number of nitrogens with zero attached hydrogens (tertiary/aromatic N) is 1. The van der Waals surface area contributed by atoms with Gasteiger partial charge >= 0.3 is 5.97 Å². The Bertz CT molecular complexity index is 1640. The van der Waals surface area contributed by atoms with Gasteiger partial charge in [-0.15, -0.1) is 0 Å². The number of halogens is 3. The predicted molar refractivity (Wildman–Crippen MR) is 154 cm³/mol. The molecule has 0 unspecified atom stereocenters. The number of ketones is 1. The highest BCUT2D eigenvalue weighted by Crippen LogP contribution is 2.40. The first kappa shape index (κ1) is 31.0. The number of carboxylic acids is 1. The number of carbonyl (C=O) groups excluding carboxylic acids is 1. The van der Waals surface area contributed by atoms with Crippen LogP contribution in [-0.2, 0) is 19.6 Å². The van der Waals surface area contributed by atoms with E-state index < -0.39 is 33.7 Å². The molecule has 0 spiro atoms. The standard InChI is InChI=1S/C30H28ClF2NO7S/c1-18(30-23(31)4-3-5-25(30)33)14-19-6-12-27-26(15-19)34(17-21(41-27)9-7-20(35)8-13-29(36)37)42(38,39)22-10-11-24(32)28(16-22)40-2/h3-6,10-12,14-16,21H,7-9,13,17H2,1-2H3,(H,36,37)/b18-14+/t21-/m0/s1. The van der Waals surface area contributed by atoms with Crippen molar-refractivity contribution in [1.82, 2.24) is 0 Å². The molecule has 3 aromatic rings. The molecule has 42 heavy (non-hydrogen) atoms. The first-order valence-corrected chi connectivity index (χ1v) is 14.8. The number of anilines is 1. The summed E-state index contributed by atoms with van der Waals surface area (Å²) >= 11 is 6.22. The maximum atomic E-state index is 14.5. The number of allylic oxidation sites excluding steroid dienone is 1. The zero-order valence-corrected chi connectivity index (χ0v) is 24.3. The van der Waals surface area contributed by atoms with Crippen LogP contribution in [0.15, 0.2) is 59.5 Å². The number of rotatable bonds is 11. The van der Waals surface area contributed by atoms with E-state index >= 15 is 0 Å². The van der Waals surface area contributed by atoms with E-state index in [2.05, 4.69) is 0 Å². The molecule has 1 N–H and O–H groups in total. The van der Waals surface area contributed by atoms with Crippen LogP contribution in [0.1, 0.15) is 43.7 Å². The van der Waals surface area contributed by atoms with Gasteiger partial charge in [-0.25, -0.2) is 17.2 Å². The molecule has 0 aliphatic carbocycles. The summed E-state index contributed by atoms with van der Waals surface area (Å²) in [5.74, 6) is -2.64. The lowest BCUT2D eigenvalue weighted by Gasteiger charge is -2.35. The number of hydrogen-bond donors (Lipinski definition) is 1. The number of carbonyl (C=O) groups is 2. The van der Waals surface area contributed by atoms with Crippen molar-refractivity contribution >= 4 is 50.7 Å². The predicted octanol–water partition coefficient (Wildman–Crippen LogP) is 6.36. The third-order valence-corrected chi connectivity index (χ3v) is 8.82. The van der Waals surface area contributed by atoms with Gasteiger partial charge in [-0.1, -0.05) is 29.8 Å². The van der Waals surface area contributed by atoms with E-state index in [1.807, 2.05) is 0 Å². The van der Waals surface area contributed by atoms with Crippen molar-refractivity contribution in [3.8, 4) is 11.5 Å². The average molecular weight is 620 g/mol. The Morgan fingerprint density at radius 3 is 2.55 bits per heavy atom. The van der Waals surface area contributed by atoms with Gasteiger partial charge in [-0.2, -0.15) is 0 Å². The number of benzene rings is 3. The molecule has 0 saturated heterocycles. The highest BCUT2D eigenvalue weighted by atomic mass is 35.5. The summed E-state index contributed by atoms with van der Waals surface area (Å²) in [7, 11) is -3.07. The molecule has 1 aliphatic rings. The zero-order chi connectivity index (χ0) is 30.6. The molecule has 1 aliphatic heterocycles. The Morgan fingerprint density at radius 1 is 1.10 bits per heavy atom. The van der Waals surface area contributed by atoms with Crippen molar-refractivity contribution in [2.45, 2.75) is 43.6 Å². The smallest absolute Gasteiger partial charge is 0.303 e. The second kappa shape index (κ2) is 12.9. The van der Waals surface area contributed by atoms with Crippen LogP contribution in [0.3, 0.4) is 0 Å². The van der Waals surface area contributed by atoms with Gasteiger partial charge < -0.3 is 14.6 Å². The summed E-state index contributed by atoms with van der Waals surface area (Å²) in [6.07, 6.45) is 0.621. The van der Waals surface area contributed by atoms with Crippen LogP contribution >= 0.6 is 11.6 Å². The Balaban J connectivity index is 1.72. The molecule has 0 radical (unpaired) electrons. The van der Waals surface area contributed by atoms with Crippen LogP contribution in [0.5, 0.6) is 11.5 Å². The molecule has 12 heteroatoms. The maximum absolute atomic E-state index is 14.5. The van der Waals surface area contributed by atoms with Crippen LogP contribution in [0.25, 0.3) is 11.6 Å². The number of ether oxygens (including phenoxy) is 2. The van der Waals surface area contributed by atoms with Crippen molar-refractivity contribution in [3.63, 3.8) is 0 Å². The van der Waals surface area contributed by atoms with E-state index in [1.54, 1.807) is 37.3 Å². The lowest BCUT2D eigenvalue weighted by molar-refractivity contribution is -0.138. The van der Waals surface area contributed by atoms with E-state index in [0.717, 1.165) is 22.5 Å². The van der Waals surface area contributed by atoms with Gasteiger partial charge in [0.15, 0.2) is 11.6 Å². The van der Waals surface area contributed by atoms with Gasteiger partial charge in [0.2, 0.25) is 0 Å². The molecule has 0 amide bonds. The second-order valence-corrected chi connectivity index (χ2v) is 12.0. The summed E-state index contributed by atoms with van der Waals surface area (Å²) in [5.41, 5.74) is 1.44. The summed E-state index contributed by atoms with van der Waals surface area (Å²) in [6, 6.07) is 12.4. The normalized spacial score (nSPS) is 15.1. The molecule has 1 heterocycles. The summed E-state index contributed by atoms with van der Waals surface area (Å²) in [5, 5.41) is 9.05. The monoisotopic (exact) mass is 619 g/mol. The topological polar surface area (TPSA) is 110 Å². The van der Waals surface area contributed by atoms with Crippen LogP contribution < -0.4 is 13.8 Å². The Morgan fingerprint density at radius 2 is 1.86 bits per heavy atom. The fourth-order valence-electron chi connectivity index (χ4n) is 4.61. The number of aliphatic carboxylic acids is 1. The van der Waals surface area contributed by atoms with Gasteiger partial charge in [-0.05, 0) is 60.9 Å². The molecule has 222 valence electrons. The number of sulfonamides is 1. The number of methoxy groups -OCH3 is 1. The molecule has 3 aromatic carbocycles. The number of Topliss-reactive ketones (excluding diaryl/α,β-unsaturated/α-hetero) is 1. The molecule has 0 aromatic heterocycles. The Labute approximate surface area is 247 Å². The van der Waals surface area contributed by atoms with Crippen molar-refractivity contribution < 1.29 is 41.4 Å². The van der Waals surface area contributed by atoms with Crippen molar-refractivity contribution in [3.05, 3.63) is 82.4 Å². The van der Waals surface area contributed by atoms with Gasteiger partial charge in [0, 0.05) is 24.5 Å². The van der Waals surface area contributed by atoms with Crippen LogP contribution in [0.4, 0.5) is 14.5 Å². The van der Waals surface area contributed by atoms with E-state index in [-0.39, 0.29) is 70.7 Å². The molecule has 1 atom stereocenters. The van der Waals surface area contributed by atoms with Crippen LogP contribution in [0.2, 0.25) is 5.02 Å². The molecular weight excluding hydrogens is 592 g/mol. The van der Waals surface area contributed by atoms with Gasteiger partial charge in [-0.3, -0.25) is 13.9 Å². The minimum Gasteiger partial charge on any atom is -0.494 e. The average Bonchev–Trinajstić information content (AvgIpc) is 2.94. The largest absolute Gasteiger partial charge is 0.494 e. The molecule has 4 rings (SSSR count). The van der Waals surface area contributed by atoms with Crippen molar-refractivity contribution in [2.24, 2.45) is 0 Å². The minimum atomic E-state index is -4.29. The third-order valence-electron chi connectivity index (χ3n) is 6.73. The lowest BCUT2D eigenvalue weighted by Crippen LogP contribution is -2.43. The van der Waals surface area contributed by atoms with Crippen LogP contribution in [-0.4, -0.2) is 45.0 Å². The summed E-state index contributed by atoms with van der Waals surface area (Å²) in [4.78, 5) is 22.8. The van der Waals surface area contributed by atoms with E-state index in [1.165, 1.54) is 19.2 Å². The van der Waals surface area contributed by atoms with Crippen LogP contribution in [0, 0.1) is 11.6 Å². The quantitative estimate of drug-likeness (QED) is 0.249. The lowest BCUT2D eigenvalue weighted by atomic mass is 10.0. The Kier molecular flexibility index (Phi) is 9.53. The fourth-order valence-corrected chi connectivity index (χ4v) is 6.44. The number of carboxylic acid groups (broad SMARTS) is 1. The first-order chi connectivity index (χ1) is 19.9. The van der Waals surface area contributed by atoms with Crippen molar-refractivity contribution in [2.75, 3.05) is 18.0 Å². The maximum Gasteiger partial charge on any atom is 0.303 e. The van der Waals surface area contributed by atoms with Gasteiger partial charge in [0.05, 0.1) is 35.7 Å². The zero-order valence-electron chi connectivity index (χ0n) is 22.8. The van der Waals surface area contributed by atoms with Gasteiger partial charge in [0.25, 0.3) is 10.0 Å². The third kappa shape index (κ3) is 6.91. The summed E-state index contributed by atoms with van der Waals surface area (Å²) < 4.78 is 68.6. The molecule has 8 nitrogen and oxygen atoms in total. The summed E-state index contributed by atoms with van der Waals surface area (Å²) in [6.45, 7) is 1.50. The first-order valence-electron chi connectivity index (χ1n) is 12.9. The number of hydrogen-bond acceptors (Lipinski definition) is 6. The molecule has 0 fully saturated rings. The number of fused-ring (bicyclic) bond motifs is 1. The molecule has 0 bridgehead atoms. The van der Waals surface area contributed by atoms with E-state index in [9.17, 15) is 26.8 Å². The van der Waals surface area contributed by atoms with E-state index in [0.29, 0.717) is 11.1 Å². The van der Waals surface area contributed by atoms with Crippen molar-refractivity contribution in [1.29, 1.82) is 0 Å².